The molecule has 0 fully saturated rings. The molecular formula is C9H13IOS. The predicted octanol–water partition coefficient (Wildman–Crippen LogP) is 3.58. The summed E-state index contributed by atoms with van der Waals surface area (Å²) in [6.45, 7) is 2.14. The lowest BCUT2D eigenvalue weighted by molar-refractivity contribution is 0.164. The van der Waals surface area contributed by atoms with Crippen LogP contribution < -0.4 is 0 Å². The van der Waals surface area contributed by atoms with Crippen molar-refractivity contribution in [3.05, 3.63) is 19.9 Å². The van der Waals surface area contributed by atoms with E-state index in [0.29, 0.717) is 0 Å². The Labute approximate surface area is 91.0 Å². The van der Waals surface area contributed by atoms with Crippen LogP contribution >= 0.6 is 33.9 Å². The first kappa shape index (κ1) is 10.5. The van der Waals surface area contributed by atoms with E-state index in [-0.39, 0.29) is 6.10 Å². The normalized spacial score (nSPS) is 13.2. The third kappa shape index (κ3) is 2.71. The Morgan fingerprint density at radius 3 is 2.92 bits per heavy atom. The van der Waals surface area contributed by atoms with E-state index in [9.17, 15) is 5.11 Å². The summed E-state index contributed by atoms with van der Waals surface area (Å²) in [7, 11) is 0. The van der Waals surface area contributed by atoms with Gasteiger partial charge in [0.2, 0.25) is 0 Å². The summed E-state index contributed by atoms with van der Waals surface area (Å²) in [5.41, 5.74) is 1.11. The Morgan fingerprint density at radius 2 is 2.42 bits per heavy atom. The average Bonchev–Trinajstić information content (AvgIpc) is 2.47. The minimum Gasteiger partial charge on any atom is -0.388 e. The van der Waals surface area contributed by atoms with E-state index in [2.05, 4.69) is 29.5 Å². The first-order valence-corrected chi connectivity index (χ1v) is 6.12. The summed E-state index contributed by atoms with van der Waals surface area (Å²) in [4.78, 5) is 0. The molecule has 1 aromatic heterocycles. The molecule has 68 valence electrons. The van der Waals surface area contributed by atoms with Crippen LogP contribution in [0.1, 0.15) is 37.9 Å². The number of hydrogen-bond acceptors (Lipinski definition) is 2. The maximum Gasteiger partial charge on any atom is 0.0808 e. The largest absolute Gasteiger partial charge is 0.388 e. The molecule has 1 atom stereocenters. The topological polar surface area (TPSA) is 20.2 Å². The smallest absolute Gasteiger partial charge is 0.0808 e. The quantitative estimate of drug-likeness (QED) is 0.842. The van der Waals surface area contributed by atoms with Gasteiger partial charge in [0.25, 0.3) is 0 Å². The highest BCUT2D eigenvalue weighted by molar-refractivity contribution is 14.1. The molecule has 0 saturated heterocycles. The maximum absolute atomic E-state index is 9.72. The van der Waals surface area contributed by atoms with Gasteiger partial charge in [-0.2, -0.15) is 0 Å². The first-order chi connectivity index (χ1) is 5.75. The molecule has 1 heterocycles. The van der Waals surface area contributed by atoms with E-state index in [0.717, 1.165) is 24.8 Å². The van der Waals surface area contributed by atoms with Crippen molar-refractivity contribution in [3.8, 4) is 0 Å². The van der Waals surface area contributed by atoms with E-state index in [4.69, 9.17) is 0 Å². The number of rotatable bonds is 4. The zero-order chi connectivity index (χ0) is 8.97. The second-order valence-corrected chi connectivity index (χ2v) is 5.53. The van der Waals surface area contributed by atoms with Crippen LogP contribution in [0.4, 0.5) is 0 Å². The molecule has 0 aromatic carbocycles. The lowest BCUT2D eigenvalue weighted by Gasteiger charge is -2.08. The van der Waals surface area contributed by atoms with Gasteiger partial charge in [-0.25, -0.2) is 0 Å². The van der Waals surface area contributed by atoms with Crippen molar-refractivity contribution < 1.29 is 5.11 Å². The van der Waals surface area contributed by atoms with Crippen molar-refractivity contribution in [3.63, 3.8) is 0 Å². The molecule has 0 aliphatic rings. The molecule has 3 heteroatoms. The number of hydrogen-bond donors (Lipinski definition) is 1. The van der Waals surface area contributed by atoms with Crippen LogP contribution in [0.15, 0.2) is 11.4 Å². The van der Waals surface area contributed by atoms with Crippen molar-refractivity contribution in [2.24, 2.45) is 0 Å². The molecule has 12 heavy (non-hydrogen) atoms. The lowest BCUT2D eigenvalue weighted by atomic mass is 10.1. The Hall–Kier alpha value is 0.390. The molecule has 0 bridgehead atoms. The van der Waals surface area contributed by atoms with Gasteiger partial charge in [0, 0.05) is 5.56 Å². The van der Waals surface area contributed by atoms with Crippen LogP contribution in [0, 0.1) is 2.88 Å². The Morgan fingerprint density at radius 1 is 1.67 bits per heavy atom. The van der Waals surface area contributed by atoms with Gasteiger partial charge in [0.1, 0.15) is 0 Å². The van der Waals surface area contributed by atoms with Crippen molar-refractivity contribution in [2.75, 3.05) is 0 Å². The van der Waals surface area contributed by atoms with E-state index >= 15 is 0 Å². The van der Waals surface area contributed by atoms with Crippen molar-refractivity contribution >= 4 is 33.9 Å². The van der Waals surface area contributed by atoms with Gasteiger partial charge in [0.05, 0.1) is 8.99 Å². The summed E-state index contributed by atoms with van der Waals surface area (Å²) in [5.74, 6) is 0. The molecule has 1 rings (SSSR count). The fraction of sp³-hybridized carbons (Fsp3) is 0.556. The first-order valence-electron chi connectivity index (χ1n) is 4.16. The zero-order valence-corrected chi connectivity index (χ0v) is 10.1. The molecule has 0 radical (unpaired) electrons. The zero-order valence-electron chi connectivity index (χ0n) is 7.09. The second kappa shape index (κ2) is 5.19. The third-order valence-electron chi connectivity index (χ3n) is 1.84. The van der Waals surface area contributed by atoms with Gasteiger partial charge in [-0.3, -0.25) is 0 Å². The molecule has 0 aliphatic heterocycles. The minimum atomic E-state index is -0.247. The number of unbranched alkanes of at least 4 members (excludes halogenated alkanes) is 1. The number of thiophene rings is 1. The summed E-state index contributed by atoms with van der Waals surface area (Å²) in [6, 6.07) is 2.02. The number of aliphatic hydroxyl groups excluding tert-OH is 1. The van der Waals surface area contributed by atoms with Crippen molar-refractivity contribution in [1.82, 2.24) is 0 Å². The summed E-state index contributed by atoms with van der Waals surface area (Å²) >= 11 is 3.97. The Kier molecular flexibility index (Phi) is 4.53. The number of halogens is 1. The highest BCUT2D eigenvalue weighted by Crippen LogP contribution is 2.27. The summed E-state index contributed by atoms with van der Waals surface area (Å²) in [5, 5.41) is 11.8. The molecule has 1 N–H and O–H groups in total. The van der Waals surface area contributed by atoms with Gasteiger partial charge in [-0.1, -0.05) is 19.8 Å². The standard InChI is InChI=1S/C9H13IOS/c1-2-3-4-8(11)7-5-6-12-9(7)10/h5-6,8,11H,2-4H2,1H3. The monoisotopic (exact) mass is 296 g/mol. The van der Waals surface area contributed by atoms with Crippen LogP contribution in [-0.2, 0) is 0 Å². The molecule has 0 saturated carbocycles. The lowest BCUT2D eigenvalue weighted by Crippen LogP contribution is -1.96. The van der Waals surface area contributed by atoms with Gasteiger partial charge >= 0.3 is 0 Å². The summed E-state index contributed by atoms with van der Waals surface area (Å²) in [6.07, 6.45) is 2.90. The van der Waals surface area contributed by atoms with Crippen LogP contribution in [0.3, 0.4) is 0 Å². The third-order valence-corrected chi connectivity index (χ3v) is 3.94. The molecule has 0 spiro atoms. The van der Waals surface area contributed by atoms with Gasteiger partial charge in [-0.05, 0) is 40.5 Å². The van der Waals surface area contributed by atoms with E-state index in [1.54, 1.807) is 11.3 Å². The highest BCUT2D eigenvalue weighted by atomic mass is 127. The fourth-order valence-corrected chi connectivity index (χ4v) is 2.75. The van der Waals surface area contributed by atoms with E-state index < -0.39 is 0 Å². The second-order valence-electron chi connectivity index (χ2n) is 2.81. The van der Waals surface area contributed by atoms with Crippen molar-refractivity contribution in [1.29, 1.82) is 0 Å². The summed E-state index contributed by atoms with van der Waals surface area (Å²) < 4.78 is 1.22. The van der Waals surface area contributed by atoms with Crippen molar-refractivity contribution in [2.45, 2.75) is 32.3 Å². The van der Waals surface area contributed by atoms with E-state index in [1.807, 2.05) is 11.4 Å². The molecule has 0 amide bonds. The van der Waals surface area contributed by atoms with Gasteiger partial charge in [-0.15, -0.1) is 11.3 Å². The average molecular weight is 296 g/mol. The Bertz CT molecular complexity index is 234. The fourth-order valence-electron chi connectivity index (χ4n) is 1.10. The number of aliphatic hydroxyl groups is 1. The van der Waals surface area contributed by atoms with Crippen LogP contribution in [0.2, 0.25) is 0 Å². The maximum atomic E-state index is 9.72. The Balaban J connectivity index is 2.52. The van der Waals surface area contributed by atoms with E-state index in [1.165, 1.54) is 2.88 Å². The molecular weight excluding hydrogens is 283 g/mol. The van der Waals surface area contributed by atoms with Crippen LogP contribution in [0.25, 0.3) is 0 Å². The predicted molar refractivity (Wildman–Crippen MR) is 61.5 cm³/mol. The molecule has 1 unspecified atom stereocenters. The molecule has 1 aromatic rings. The van der Waals surface area contributed by atoms with Gasteiger partial charge < -0.3 is 5.11 Å². The SMILES string of the molecule is CCCCC(O)c1ccsc1I. The van der Waals surface area contributed by atoms with Crippen LogP contribution in [-0.4, -0.2) is 5.11 Å². The minimum absolute atomic E-state index is 0.247. The van der Waals surface area contributed by atoms with Gasteiger partial charge in [0.15, 0.2) is 0 Å². The molecule has 0 aliphatic carbocycles. The highest BCUT2D eigenvalue weighted by Gasteiger charge is 2.10. The molecule has 1 nitrogen and oxygen atoms in total. The van der Waals surface area contributed by atoms with Crippen LogP contribution in [0.5, 0.6) is 0 Å².